The molecule has 1 heterocycles. The van der Waals surface area contributed by atoms with Crippen LogP contribution in [-0.2, 0) is 9.59 Å². The van der Waals surface area contributed by atoms with Crippen LogP contribution in [0, 0.1) is 11.3 Å². The highest BCUT2D eigenvalue weighted by Crippen LogP contribution is 2.27. The van der Waals surface area contributed by atoms with Crippen molar-refractivity contribution in [3.63, 3.8) is 0 Å². The van der Waals surface area contributed by atoms with Crippen molar-refractivity contribution in [3.05, 3.63) is 24.3 Å². The number of benzene rings is 1. The second-order valence-corrected chi connectivity index (χ2v) is 6.52. The summed E-state index contributed by atoms with van der Waals surface area (Å²) >= 11 is 0. The third-order valence-corrected chi connectivity index (χ3v) is 4.08. The number of piperidine rings is 1. The van der Waals surface area contributed by atoms with Gasteiger partial charge in [-0.3, -0.25) is 9.59 Å². The highest BCUT2D eigenvalue weighted by molar-refractivity contribution is 5.96. The predicted octanol–water partition coefficient (Wildman–Crippen LogP) is 2.61. The summed E-state index contributed by atoms with van der Waals surface area (Å²) < 4.78 is 0. The lowest BCUT2D eigenvalue weighted by atomic mass is 9.82. The Hall–Kier alpha value is -1.88. The van der Waals surface area contributed by atoms with Crippen LogP contribution in [0.2, 0.25) is 0 Å². The average Bonchev–Trinajstić information content (AvgIpc) is 2.49. The molecule has 2 rings (SSSR count). The first-order valence-corrected chi connectivity index (χ1v) is 7.84. The first kappa shape index (κ1) is 16.5. The molecule has 22 heavy (non-hydrogen) atoms. The minimum absolute atomic E-state index is 0.0161. The molecule has 1 unspecified atom stereocenters. The zero-order valence-corrected chi connectivity index (χ0v) is 13.5. The molecular formula is C17H25N3O2. The van der Waals surface area contributed by atoms with Crippen LogP contribution >= 0.6 is 0 Å². The largest absolute Gasteiger partial charge is 0.326 e. The number of anilines is 2. The maximum Gasteiger partial charge on any atom is 0.231 e. The second-order valence-electron chi connectivity index (χ2n) is 6.52. The lowest BCUT2D eigenvalue weighted by molar-refractivity contribution is -0.125. The molecule has 0 saturated carbocycles. The fraction of sp³-hybridized carbons (Fsp3) is 0.529. The van der Waals surface area contributed by atoms with Crippen molar-refractivity contribution in [2.45, 2.75) is 33.6 Å². The van der Waals surface area contributed by atoms with Gasteiger partial charge in [0.05, 0.1) is 5.41 Å². The molecule has 5 heteroatoms. The van der Waals surface area contributed by atoms with E-state index >= 15 is 0 Å². The van der Waals surface area contributed by atoms with Crippen LogP contribution in [0.25, 0.3) is 0 Å². The average molecular weight is 303 g/mol. The van der Waals surface area contributed by atoms with Gasteiger partial charge in [0, 0.05) is 23.8 Å². The van der Waals surface area contributed by atoms with Crippen LogP contribution in [0.3, 0.4) is 0 Å². The molecule has 1 saturated heterocycles. The summed E-state index contributed by atoms with van der Waals surface area (Å²) in [7, 11) is 0. The Morgan fingerprint density at radius 3 is 2.23 bits per heavy atom. The van der Waals surface area contributed by atoms with E-state index in [0.717, 1.165) is 30.8 Å². The molecule has 2 amide bonds. The number of hydrogen-bond donors (Lipinski definition) is 3. The number of hydrogen-bond acceptors (Lipinski definition) is 3. The van der Waals surface area contributed by atoms with E-state index in [1.165, 1.54) is 0 Å². The van der Waals surface area contributed by atoms with Crippen LogP contribution in [0.15, 0.2) is 24.3 Å². The molecule has 5 nitrogen and oxygen atoms in total. The van der Waals surface area contributed by atoms with Gasteiger partial charge in [0.15, 0.2) is 0 Å². The van der Waals surface area contributed by atoms with E-state index in [0.29, 0.717) is 6.54 Å². The van der Waals surface area contributed by atoms with Crippen LogP contribution in [0.1, 0.15) is 33.6 Å². The van der Waals surface area contributed by atoms with Gasteiger partial charge in [-0.05, 0) is 50.6 Å². The summed E-state index contributed by atoms with van der Waals surface area (Å²) in [6.07, 6.45) is 1.92. The smallest absolute Gasteiger partial charge is 0.231 e. The van der Waals surface area contributed by atoms with E-state index in [-0.39, 0.29) is 23.1 Å². The monoisotopic (exact) mass is 303 g/mol. The summed E-state index contributed by atoms with van der Waals surface area (Å²) in [5.74, 6) is -0.0330. The summed E-state index contributed by atoms with van der Waals surface area (Å²) in [5.41, 5.74) is 1.13. The quantitative estimate of drug-likeness (QED) is 0.801. The van der Waals surface area contributed by atoms with Crippen molar-refractivity contribution in [2.24, 2.45) is 11.3 Å². The Morgan fingerprint density at radius 1 is 1.14 bits per heavy atom. The molecule has 0 aliphatic carbocycles. The number of carbonyl (C=O) groups is 2. The summed E-state index contributed by atoms with van der Waals surface area (Å²) in [4.78, 5) is 24.1. The Morgan fingerprint density at radius 2 is 1.73 bits per heavy atom. The molecular weight excluding hydrogens is 278 g/mol. The zero-order valence-electron chi connectivity index (χ0n) is 13.5. The molecule has 1 aliphatic heterocycles. The van der Waals surface area contributed by atoms with Crippen molar-refractivity contribution in [1.29, 1.82) is 0 Å². The van der Waals surface area contributed by atoms with E-state index in [4.69, 9.17) is 0 Å². The lowest BCUT2D eigenvalue weighted by Gasteiger charge is -2.32. The van der Waals surface area contributed by atoms with E-state index in [2.05, 4.69) is 16.0 Å². The highest BCUT2D eigenvalue weighted by Gasteiger charge is 2.34. The Kier molecular flexibility index (Phi) is 5.19. The minimum Gasteiger partial charge on any atom is -0.326 e. The van der Waals surface area contributed by atoms with E-state index in [1.54, 1.807) is 12.1 Å². The molecule has 0 radical (unpaired) electrons. The van der Waals surface area contributed by atoms with Gasteiger partial charge in [0.25, 0.3) is 0 Å². The first-order chi connectivity index (χ1) is 10.4. The molecule has 1 fully saturated rings. The standard InChI is InChI=1S/C17H25N3O2/c1-12(2)15(21)19-13-5-7-14(8-6-13)20-16(22)17(3)9-4-10-18-11-17/h5-8,12,18H,4,9-11H2,1-3H3,(H,19,21)(H,20,22). The Bertz CT molecular complexity index is 531. The van der Waals surface area contributed by atoms with E-state index < -0.39 is 0 Å². The van der Waals surface area contributed by atoms with Crippen LogP contribution < -0.4 is 16.0 Å². The molecule has 0 spiro atoms. The molecule has 1 aromatic rings. The van der Waals surface area contributed by atoms with Gasteiger partial charge in [-0.2, -0.15) is 0 Å². The van der Waals surface area contributed by atoms with Crippen LogP contribution in [-0.4, -0.2) is 24.9 Å². The molecule has 3 N–H and O–H groups in total. The Balaban J connectivity index is 1.96. The third-order valence-electron chi connectivity index (χ3n) is 4.08. The van der Waals surface area contributed by atoms with Crippen molar-refractivity contribution in [1.82, 2.24) is 5.32 Å². The number of rotatable bonds is 4. The van der Waals surface area contributed by atoms with Crippen LogP contribution in [0.5, 0.6) is 0 Å². The molecule has 1 aliphatic rings. The molecule has 120 valence electrons. The van der Waals surface area contributed by atoms with Gasteiger partial charge in [0.2, 0.25) is 11.8 Å². The number of carbonyl (C=O) groups excluding carboxylic acids is 2. The van der Waals surface area contributed by atoms with Gasteiger partial charge < -0.3 is 16.0 Å². The topological polar surface area (TPSA) is 70.2 Å². The van der Waals surface area contributed by atoms with Gasteiger partial charge in [-0.25, -0.2) is 0 Å². The molecule has 1 aromatic carbocycles. The third kappa shape index (κ3) is 4.07. The first-order valence-electron chi connectivity index (χ1n) is 7.84. The Labute approximate surface area is 131 Å². The minimum atomic E-state index is -0.358. The van der Waals surface area contributed by atoms with Gasteiger partial charge in [-0.15, -0.1) is 0 Å². The lowest BCUT2D eigenvalue weighted by Crippen LogP contribution is -2.46. The molecule has 0 bridgehead atoms. The zero-order chi connectivity index (χ0) is 16.2. The SMILES string of the molecule is CC(C)C(=O)Nc1ccc(NC(=O)C2(C)CCCNC2)cc1. The number of nitrogens with one attached hydrogen (secondary N) is 3. The second kappa shape index (κ2) is 6.92. The fourth-order valence-electron chi connectivity index (χ4n) is 2.46. The normalized spacial score (nSPS) is 21.5. The van der Waals surface area contributed by atoms with Crippen LogP contribution in [0.4, 0.5) is 11.4 Å². The van der Waals surface area contributed by atoms with Crippen molar-refractivity contribution in [3.8, 4) is 0 Å². The van der Waals surface area contributed by atoms with Crippen molar-refractivity contribution in [2.75, 3.05) is 23.7 Å². The van der Waals surface area contributed by atoms with Gasteiger partial charge in [0.1, 0.15) is 0 Å². The van der Waals surface area contributed by atoms with Gasteiger partial charge in [-0.1, -0.05) is 13.8 Å². The molecule has 0 aromatic heterocycles. The summed E-state index contributed by atoms with van der Waals surface area (Å²) in [5, 5.41) is 9.07. The van der Waals surface area contributed by atoms with Gasteiger partial charge >= 0.3 is 0 Å². The molecule has 1 atom stereocenters. The number of amides is 2. The van der Waals surface area contributed by atoms with Crippen molar-refractivity contribution < 1.29 is 9.59 Å². The maximum absolute atomic E-state index is 12.4. The maximum atomic E-state index is 12.4. The predicted molar refractivity (Wildman–Crippen MR) is 88.8 cm³/mol. The summed E-state index contributed by atoms with van der Waals surface area (Å²) in [6.45, 7) is 7.38. The van der Waals surface area contributed by atoms with Crippen molar-refractivity contribution >= 4 is 23.2 Å². The van der Waals surface area contributed by atoms with E-state index in [9.17, 15) is 9.59 Å². The summed E-state index contributed by atoms with van der Waals surface area (Å²) in [6, 6.07) is 7.23. The highest BCUT2D eigenvalue weighted by atomic mass is 16.2. The fourth-order valence-corrected chi connectivity index (χ4v) is 2.46. The van der Waals surface area contributed by atoms with E-state index in [1.807, 2.05) is 32.9 Å².